The third-order valence-electron chi connectivity index (χ3n) is 4.13. The monoisotopic (exact) mass is 365 g/mol. The first-order valence-electron chi connectivity index (χ1n) is 8.74. The van der Waals surface area contributed by atoms with Crippen molar-refractivity contribution < 1.29 is 4.79 Å². The maximum absolute atomic E-state index is 12.4. The Bertz CT molecular complexity index is 843. The van der Waals surface area contributed by atoms with E-state index in [0.717, 1.165) is 23.7 Å². The Hall–Kier alpha value is -2.66. The lowest BCUT2D eigenvalue weighted by molar-refractivity contribution is 0.0934. The average molecular weight is 366 g/mol. The first-order valence-corrected chi connectivity index (χ1v) is 9.62. The van der Waals surface area contributed by atoms with E-state index in [9.17, 15) is 4.79 Å². The van der Waals surface area contributed by atoms with E-state index >= 15 is 0 Å². The topological polar surface area (TPSA) is 54.0 Å². The molecular weight excluding hydrogens is 342 g/mol. The second-order valence-electron chi connectivity index (χ2n) is 6.43. The molecule has 0 saturated carbocycles. The maximum Gasteiger partial charge on any atom is 0.271 e. The van der Waals surface area contributed by atoms with Gasteiger partial charge in [-0.25, -0.2) is 4.98 Å². The summed E-state index contributed by atoms with van der Waals surface area (Å²) in [5, 5.41) is 8.77. The molecule has 1 aromatic heterocycles. The summed E-state index contributed by atoms with van der Waals surface area (Å²) in [5.74, 6) is -0.126. The van der Waals surface area contributed by atoms with Crippen molar-refractivity contribution in [3.63, 3.8) is 0 Å². The van der Waals surface area contributed by atoms with Crippen LogP contribution in [0, 0.1) is 6.92 Å². The summed E-state index contributed by atoms with van der Waals surface area (Å²) in [7, 11) is 0. The van der Waals surface area contributed by atoms with Crippen molar-refractivity contribution in [3.8, 4) is 0 Å². The van der Waals surface area contributed by atoms with E-state index < -0.39 is 0 Å². The Balaban J connectivity index is 1.51. The third-order valence-corrected chi connectivity index (χ3v) is 4.88. The van der Waals surface area contributed by atoms with Crippen LogP contribution in [-0.4, -0.2) is 16.9 Å². The number of nitrogens with zero attached hydrogens (tertiary/aromatic N) is 1. The van der Waals surface area contributed by atoms with E-state index in [2.05, 4.69) is 34.7 Å². The number of carbonyl (C=O) groups excluding carboxylic acids is 1. The highest BCUT2D eigenvalue weighted by Gasteiger charge is 2.13. The lowest BCUT2D eigenvalue weighted by Gasteiger charge is -2.12. The summed E-state index contributed by atoms with van der Waals surface area (Å²) in [6, 6.07) is 18.5. The number of carbonyl (C=O) groups is 1. The molecule has 0 aliphatic heterocycles. The molecule has 2 N–H and O–H groups in total. The molecule has 0 fully saturated rings. The van der Waals surface area contributed by atoms with Crippen LogP contribution in [0.3, 0.4) is 0 Å². The van der Waals surface area contributed by atoms with Gasteiger partial charge in [0.15, 0.2) is 5.13 Å². The van der Waals surface area contributed by atoms with Crippen LogP contribution in [0.15, 0.2) is 60.0 Å². The van der Waals surface area contributed by atoms with Gasteiger partial charge in [0, 0.05) is 17.1 Å². The molecule has 0 aliphatic carbocycles. The quantitative estimate of drug-likeness (QED) is 0.623. The van der Waals surface area contributed by atoms with Gasteiger partial charge in [-0.15, -0.1) is 11.3 Å². The zero-order valence-corrected chi connectivity index (χ0v) is 15.8. The number of nitrogens with one attached hydrogen (secondary N) is 2. The van der Waals surface area contributed by atoms with Gasteiger partial charge in [-0.1, -0.05) is 48.0 Å². The molecule has 0 saturated heterocycles. The molecule has 1 amide bonds. The SMILES string of the molecule is Cc1ccc(Nc2nc(C(=O)N[C@@H](C)CCc3ccccc3)cs2)cc1. The molecule has 0 aliphatic rings. The van der Waals surface area contributed by atoms with Crippen LogP contribution in [0.4, 0.5) is 10.8 Å². The fourth-order valence-corrected chi connectivity index (χ4v) is 3.30. The van der Waals surface area contributed by atoms with Gasteiger partial charge in [0.1, 0.15) is 5.69 Å². The zero-order valence-electron chi connectivity index (χ0n) is 15.0. The number of anilines is 2. The summed E-state index contributed by atoms with van der Waals surface area (Å²) in [6.45, 7) is 4.08. The summed E-state index contributed by atoms with van der Waals surface area (Å²) in [4.78, 5) is 16.8. The maximum atomic E-state index is 12.4. The second-order valence-corrected chi connectivity index (χ2v) is 7.29. The standard InChI is InChI=1S/C21H23N3OS/c1-15-8-12-18(13-9-15)23-21-24-19(14-26-21)20(25)22-16(2)10-11-17-6-4-3-5-7-17/h3-9,12-14,16H,10-11H2,1-2H3,(H,22,25)(H,23,24)/t16-/m0/s1. The van der Waals surface area contributed by atoms with Crippen molar-refractivity contribution in [2.45, 2.75) is 32.7 Å². The smallest absolute Gasteiger partial charge is 0.271 e. The average Bonchev–Trinajstić information content (AvgIpc) is 3.11. The zero-order chi connectivity index (χ0) is 18.4. The predicted molar refractivity (Wildman–Crippen MR) is 108 cm³/mol. The van der Waals surface area contributed by atoms with Crippen LogP contribution in [-0.2, 0) is 6.42 Å². The van der Waals surface area contributed by atoms with Gasteiger partial charge in [0.25, 0.3) is 5.91 Å². The molecule has 0 radical (unpaired) electrons. The van der Waals surface area contributed by atoms with Gasteiger partial charge in [-0.3, -0.25) is 4.79 Å². The Morgan fingerprint density at radius 1 is 1.12 bits per heavy atom. The number of thiazole rings is 1. The Labute approximate surface area is 158 Å². The molecule has 3 rings (SSSR count). The summed E-state index contributed by atoms with van der Waals surface area (Å²) in [6.07, 6.45) is 1.84. The number of aromatic nitrogens is 1. The molecule has 0 spiro atoms. The van der Waals surface area contributed by atoms with E-state index in [-0.39, 0.29) is 11.9 Å². The van der Waals surface area contributed by atoms with E-state index in [1.807, 2.05) is 49.4 Å². The Morgan fingerprint density at radius 2 is 1.85 bits per heavy atom. The molecule has 1 heterocycles. The normalized spacial score (nSPS) is 11.8. The van der Waals surface area contributed by atoms with Crippen LogP contribution in [0.1, 0.15) is 35.0 Å². The molecule has 0 bridgehead atoms. The van der Waals surface area contributed by atoms with Crippen molar-refractivity contribution in [3.05, 3.63) is 76.8 Å². The molecule has 2 aromatic carbocycles. The van der Waals surface area contributed by atoms with Crippen molar-refractivity contribution in [1.29, 1.82) is 0 Å². The van der Waals surface area contributed by atoms with Gasteiger partial charge in [-0.05, 0) is 44.4 Å². The summed E-state index contributed by atoms with van der Waals surface area (Å²) < 4.78 is 0. The van der Waals surface area contributed by atoms with Crippen LogP contribution in [0.2, 0.25) is 0 Å². The highest BCUT2D eigenvalue weighted by Crippen LogP contribution is 2.21. The summed E-state index contributed by atoms with van der Waals surface area (Å²) >= 11 is 1.43. The van der Waals surface area contributed by atoms with E-state index in [0.29, 0.717) is 5.69 Å². The predicted octanol–water partition coefficient (Wildman–Crippen LogP) is 4.95. The fraction of sp³-hybridized carbons (Fsp3) is 0.238. The lowest BCUT2D eigenvalue weighted by atomic mass is 10.1. The number of benzene rings is 2. The lowest BCUT2D eigenvalue weighted by Crippen LogP contribution is -2.33. The number of amides is 1. The molecule has 3 aromatic rings. The highest BCUT2D eigenvalue weighted by molar-refractivity contribution is 7.14. The highest BCUT2D eigenvalue weighted by atomic mass is 32.1. The van der Waals surface area contributed by atoms with E-state index in [1.54, 1.807) is 5.38 Å². The fourth-order valence-electron chi connectivity index (χ4n) is 2.59. The van der Waals surface area contributed by atoms with E-state index in [1.165, 1.54) is 22.5 Å². The van der Waals surface area contributed by atoms with Gasteiger partial charge in [0.05, 0.1) is 0 Å². The van der Waals surface area contributed by atoms with Crippen molar-refractivity contribution in [1.82, 2.24) is 10.3 Å². The molecular formula is C21H23N3OS. The molecule has 1 atom stereocenters. The first-order chi connectivity index (χ1) is 12.6. The first kappa shape index (κ1) is 18.1. The third kappa shape index (κ3) is 5.17. The second kappa shape index (κ2) is 8.63. The molecule has 5 heteroatoms. The van der Waals surface area contributed by atoms with Gasteiger partial charge < -0.3 is 10.6 Å². The number of hydrogen-bond donors (Lipinski definition) is 2. The number of rotatable bonds is 7. The van der Waals surface area contributed by atoms with Crippen LogP contribution in [0.25, 0.3) is 0 Å². The van der Waals surface area contributed by atoms with Crippen molar-refractivity contribution >= 4 is 28.1 Å². The Kier molecular flexibility index (Phi) is 6.02. The van der Waals surface area contributed by atoms with Crippen molar-refractivity contribution in [2.75, 3.05) is 5.32 Å². The van der Waals surface area contributed by atoms with Gasteiger partial charge in [-0.2, -0.15) is 0 Å². The van der Waals surface area contributed by atoms with Gasteiger partial charge in [0.2, 0.25) is 0 Å². The van der Waals surface area contributed by atoms with Crippen LogP contribution in [0.5, 0.6) is 0 Å². The van der Waals surface area contributed by atoms with E-state index in [4.69, 9.17) is 0 Å². The largest absolute Gasteiger partial charge is 0.348 e. The molecule has 26 heavy (non-hydrogen) atoms. The minimum atomic E-state index is -0.126. The molecule has 0 unspecified atom stereocenters. The summed E-state index contributed by atoms with van der Waals surface area (Å²) in [5.41, 5.74) is 3.91. The number of aryl methyl sites for hydroxylation is 2. The molecule has 134 valence electrons. The van der Waals surface area contributed by atoms with Crippen LogP contribution >= 0.6 is 11.3 Å². The van der Waals surface area contributed by atoms with Crippen LogP contribution < -0.4 is 10.6 Å². The van der Waals surface area contributed by atoms with Gasteiger partial charge >= 0.3 is 0 Å². The minimum absolute atomic E-state index is 0.0953. The molecule has 4 nitrogen and oxygen atoms in total. The minimum Gasteiger partial charge on any atom is -0.348 e. The van der Waals surface area contributed by atoms with Crippen molar-refractivity contribution in [2.24, 2.45) is 0 Å². The number of hydrogen-bond acceptors (Lipinski definition) is 4. The Morgan fingerprint density at radius 3 is 2.58 bits per heavy atom.